The summed E-state index contributed by atoms with van der Waals surface area (Å²) >= 11 is 12.6. The van der Waals surface area contributed by atoms with E-state index in [1.165, 1.54) is 328 Å². The standard InChI is InChI=1S/C74H120S6/c1-7-11-15-19-23-25-33-41-49-61(47-39-31-21-17-13-9-3)51-43-35-27-29-37-45-53-63-67(65-57-55-59(5)75-65)77-71-69(63)79-74-72-70(80-73(71)74)64(68(78-72)66-58-56-60(6)76-66)54-46-38-30-28-36-44-52-62(48-40-32-22-18-14-10-4)50-42-34-26-24-20-16-12-8-2/h55-58,61-62H,7-54H2,1-6H3. The number of unbranched alkanes of at least 4 members (excludes halogenated alkanes) is 34. The lowest BCUT2D eigenvalue weighted by Crippen LogP contribution is -2.01. The maximum atomic E-state index is 2.43. The van der Waals surface area contributed by atoms with Crippen molar-refractivity contribution in [1.29, 1.82) is 0 Å². The van der Waals surface area contributed by atoms with Gasteiger partial charge in [0.2, 0.25) is 0 Å². The summed E-state index contributed by atoms with van der Waals surface area (Å²) in [5, 5.41) is 0. The fraction of sp³-hybridized carbons (Fsp3) is 0.757. The number of thiophene rings is 6. The zero-order chi connectivity index (χ0) is 56.2. The van der Waals surface area contributed by atoms with Crippen molar-refractivity contribution in [3.63, 3.8) is 0 Å². The molecule has 0 aromatic carbocycles. The Kier molecular flexibility index (Phi) is 35.7. The van der Waals surface area contributed by atoms with Crippen molar-refractivity contribution in [2.24, 2.45) is 11.8 Å². The van der Waals surface area contributed by atoms with E-state index in [9.17, 15) is 0 Å². The Balaban J connectivity index is 1.00. The highest BCUT2D eigenvalue weighted by Gasteiger charge is 2.26. The minimum Gasteiger partial charge on any atom is -0.140 e. The number of fused-ring (bicyclic) bond motifs is 5. The molecule has 2 unspecified atom stereocenters. The lowest BCUT2D eigenvalue weighted by atomic mass is 9.89. The Labute approximate surface area is 518 Å². The summed E-state index contributed by atoms with van der Waals surface area (Å²) in [5.41, 5.74) is 3.35. The van der Waals surface area contributed by atoms with Gasteiger partial charge in [0.15, 0.2) is 0 Å². The second kappa shape index (κ2) is 41.9. The van der Waals surface area contributed by atoms with E-state index in [-0.39, 0.29) is 0 Å². The van der Waals surface area contributed by atoms with Crippen LogP contribution in [0, 0.1) is 25.7 Å². The van der Waals surface area contributed by atoms with Crippen molar-refractivity contribution in [1.82, 2.24) is 0 Å². The maximum absolute atomic E-state index is 2.43. The highest BCUT2D eigenvalue weighted by molar-refractivity contribution is 7.46. The van der Waals surface area contributed by atoms with Gasteiger partial charge in [-0.05, 0) is 86.8 Å². The molecule has 0 bridgehead atoms. The number of hydrogen-bond acceptors (Lipinski definition) is 6. The molecule has 0 aliphatic carbocycles. The predicted octanol–water partition coefficient (Wildman–Crippen LogP) is 29.8. The van der Waals surface area contributed by atoms with Crippen LogP contribution in [0.15, 0.2) is 24.3 Å². The summed E-state index contributed by atoms with van der Waals surface area (Å²) in [6, 6.07) is 9.57. The summed E-state index contributed by atoms with van der Waals surface area (Å²) < 4.78 is 9.64. The van der Waals surface area contributed by atoms with E-state index in [0.717, 1.165) is 11.8 Å². The summed E-state index contributed by atoms with van der Waals surface area (Å²) in [5.74, 6) is 1.97. The molecule has 0 aliphatic rings. The third-order valence-electron chi connectivity index (χ3n) is 18.3. The van der Waals surface area contributed by atoms with Gasteiger partial charge in [0.05, 0.1) is 28.2 Å². The number of hydrogen-bond donors (Lipinski definition) is 0. The van der Waals surface area contributed by atoms with Gasteiger partial charge >= 0.3 is 0 Å². The van der Waals surface area contributed by atoms with Crippen molar-refractivity contribution >= 4 is 96.2 Å². The van der Waals surface area contributed by atoms with Crippen LogP contribution in [-0.2, 0) is 12.8 Å². The molecule has 0 N–H and O–H groups in total. The Morgan fingerprint density at radius 3 is 0.738 bits per heavy atom. The summed E-state index contributed by atoms with van der Waals surface area (Å²) in [7, 11) is 0. The van der Waals surface area contributed by atoms with Crippen molar-refractivity contribution in [3.8, 4) is 19.5 Å². The average molecular weight is 1200 g/mol. The van der Waals surface area contributed by atoms with E-state index >= 15 is 0 Å². The van der Waals surface area contributed by atoms with Crippen molar-refractivity contribution in [2.45, 2.75) is 350 Å². The molecular weight excluding hydrogens is 1080 g/mol. The SMILES string of the molecule is CCCCCCCCCCC(CCCCCCCC)CCCCCCCCc1c(-c2ccc(C)s2)sc2c1sc1c3sc(-c4ccc(C)s4)c(CCCCCCCCC(CCCCCCCC)CCCCCCCCCC)c3sc21. The molecule has 0 aliphatic heterocycles. The van der Waals surface area contributed by atoms with Gasteiger partial charge in [-0.25, -0.2) is 0 Å². The molecule has 0 spiro atoms. The third-order valence-corrected chi connectivity index (χ3v) is 26.4. The Morgan fingerprint density at radius 2 is 0.487 bits per heavy atom. The smallest absolute Gasteiger partial charge is 0.0651 e. The van der Waals surface area contributed by atoms with E-state index in [1.807, 2.05) is 22.7 Å². The largest absolute Gasteiger partial charge is 0.140 e. The van der Waals surface area contributed by atoms with E-state index < -0.39 is 0 Å². The molecule has 0 radical (unpaired) electrons. The summed E-state index contributed by atoms with van der Waals surface area (Å²) in [6.45, 7) is 14.0. The van der Waals surface area contributed by atoms with Crippen molar-refractivity contribution < 1.29 is 0 Å². The first kappa shape index (κ1) is 68.1. The van der Waals surface area contributed by atoms with E-state index in [0.29, 0.717) is 0 Å². The van der Waals surface area contributed by atoms with Gasteiger partial charge in [-0.1, -0.05) is 310 Å². The lowest BCUT2D eigenvalue weighted by Gasteiger charge is -2.17. The minimum absolute atomic E-state index is 0.983. The Morgan fingerprint density at radius 1 is 0.250 bits per heavy atom. The van der Waals surface area contributed by atoms with Crippen LogP contribution in [0.5, 0.6) is 0 Å². The van der Waals surface area contributed by atoms with Gasteiger partial charge in [0, 0.05) is 29.3 Å². The van der Waals surface area contributed by atoms with Gasteiger partial charge in [0.1, 0.15) is 0 Å². The second-order valence-electron chi connectivity index (χ2n) is 25.5. The van der Waals surface area contributed by atoms with Gasteiger partial charge in [0.25, 0.3) is 0 Å². The first-order valence-electron chi connectivity index (χ1n) is 35.0. The Hall–Kier alpha value is -1.02. The zero-order valence-electron chi connectivity index (χ0n) is 52.9. The van der Waals surface area contributed by atoms with E-state index in [2.05, 4.69) is 111 Å². The maximum Gasteiger partial charge on any atom is 0.0651 e. The quantitative estimate of drug-likeness (QED) is 0.0334. The van der Waals surface area contributed by atoms with Crippen LogP contribution in [0.1, 0.15) is 344 Å². The van der Waals surface area contributed by atoms with Crippen LogP contribution in [0.3, 0.4) is 0 Å². The first-order chi connectivity index (χ1) is 39.4. The highest BCUT2D eigenvalue weighted by atomic mass is 32.1. The topological polar surface area (TPSA) is 0 Å². The number of rotatable bonds is 52. The normalized spacial score (nSPS) is 12.9. The van der Waals surface area contributed by atoms with Gasteiger partial charge in [-0.3, -0.25) is 0 Å². The molecule has 6 heterocycles. The zero-order valence-corrected chi connectivity index (χ0v) is 57.8. The fourth-order valence-corrected chi connectivity index (χ4v) is 21.5. The lowest BCUT2D eigenvalue weighted by molar-refractivity contribution is 0.365. The molecule has 0 amide bonds. The molecule has 6 aromatic heterocycles. The molecule has 6 rings (SSSR count). The van der Waals surface area contributed by atoms with Gasteiger partial charge in [-0.2, -0.15) is 0 Å². The minimum atomic E-state index is 0.983. The van der Waals surface area contributed by atoms with Crippen LogP contribution in [0.4, 0.5) is 0 Å². The molecule has 0 saturated carbocycles. The van der Waals surface area contributed by atoms with Crippen LogP contribution in [-0.4, -0.2) is 0 Å². The van der Waals surface area contributed by atoms with Crippen molar-refractivity contribution in [2.75, 3.05) is 0 Å². The number of aryl methyl sites for hydroxylation is 4. The highest BCUT2D eigenvalue weighted by Crippen LogP contribution is 2.56. The second-order valence-corrected chi connectivity index (χ2v) is 32.2. The monoisotopic (exact) mass is 1200 g/mol. The van der Waals surface area contributed by atoms with Crippen molar-refractivity contribution in [3.05, 3.63) is 45.1 Å². The fourth-order valence-electron chi connectivity index (χ4n) is 13.3. The van der Waals surface area contributed by atoms with Gasteiger partial charge in [-0.15, -0.1) is 68.0 Å². The van der Waals surface area contributed by atoms with E-state index in [4.69, 9.17) is 0 Å². The molecular formula is C74H120S6. The summed E-state index contributed by atoms with van der Waals surface area (Å²) in [4.78, 5) is 9.06. The molecule has 0 saturated heterocycles. The average Bonchev–Trinajstić information content (AvgIpc) is 4.51. The molecule has 6 aromatic rings. The summed E-state index contributed by atoms with van der Waals surface area (Å²) in [6.07, 6.45) is 68.8. The molecule has 6 heteroatoms. The van der Waals surface area contributed by atoms with Crippen LogP contribution in [0.2, 0.25) is 0 Å². The van der Waals surface area contributed by atoms with E-state index in [1.54, 1.807) is 49.1 Å². The molecule has 80 heavy (non-hydrogen) atoms. The molecule has 0 nitrogen and oxygen atoms in total. The van der Waals surface area contributed by atoms with Gasteiger partial charge < -0.3 is 0 Å². The Bertz CT molecular complexity index is 2270. The molecule has 0 fully saturated rings. The van der Waals surface area contributed by atoms with Crippen LogP contribution < -0.4 is 0 Å². The third kappa shape index (κ3) is 24.4. The predicted molar refractivity (Wildman–Crippen MR) is 376 cm³/mol. The molecule has 452 valence electrons. The first-order valence-corrected chi connectivity index (χ1v) is 39.9. The van der Waals surface area contributed by atoms with Crippen LogP contribution in [0.25, 0.3) is 47.7 Å². The van der Waals surface area contributed by atoms with Crippen LogP contribution >= 0.6 is 68.0 Å². The molecule has 2 atom stereocenters.